The average Bonchev–Trinajstić information content (AvgIpc) is 2.60. The summed E-state index contributed by atoms with van der Waals surface area (Å²) in [6.45, 7) is 3.40. The maximum atomic E-state index is 13.1. The summed E-state index contributed by atoms with van der Waals surface area (Å²) in [7, 11) is 0. The predicted octanol–water partition coefficient (Wildman–Crippen LogP) is 3.51. The molecule has 0 radical (unpaired) electrons. The van der Waals surface area contributed by atoms with E-state index in [1.165, 1.54) is 30.7 Å². The Morgan fingerprint density at radius 3 is 2.48 bits per heavy atom. The highest BCUT2D eigenvalue weighted by molar-refractivity contribution is 5.92. The SMILES string of the molecule is C[C@@H](CCc1ccccc1)NC(=O)[C@@H](C)OC(=O)c1cccc(F)c1. The van der Waals surface area contributed by atoms with Gasteiger partial charge in [0.1, 0.15) is 5.82 Å². The van der Waals surface area contributed by atoms with Crippen molar-refractivity contribution in [2.75, 3.05) is 0 Å². The zero-order chi connectivity index (χ0) is 18.2. The van der Waals surface area contributed by atoms with Crippen LogP contribution in [0, 0.1) is 5.82 Å². The second kappa shape index (κ2) is 8.97. The third-order valence-corrected chi connectivity index (χ3v) is 3.81. The highest BCUT2D eigenvalue weighted by atomic mass is 19.1. The molecule has 2 rings (SSSR count). The molecule has 0 saturated carbocycles. The van der Waals surface area contributed by atoms with Crippen molar-refractivity contribution in [1.82, 2.24) is 5.32 Å². The molecule has 1 N–H and O–H groups in total. The number of rotatable bonds is 7. The maximum absolute atomic E-state index is 13.1. The first kappa shape index (κ1) is 18.6. The molecule has 2 aromatic carbocycles. The van der Waals surface area contributed by atoms with E-state index < -0.39 is 17.9 Å². The fourth-order valence-corrected chi connectivity index (χ4v) is 2.36. The van der Waals surface area contributed by atoms with Crippen LogP contribution in [0.3, 0.4) is 0 Å². The van der Waals surface area contributed by atoms with E-state index in [0.717, 1.165) is 18.9 Å². The molecule has 5 heteroatoms. The van der Waals surface area contributed by atoms with Crippen LogP contribution in [0.25, 0.3) is 0 Å². The van der Waals surface area contributed by atoms with E-state index in [0.29, 0.717) is 0 Å². The second-order valence-corrected chi connectivity index (χ2v) is 5.99. The van der Waals surface area contributed by atoms with Gasteiger partial charge in [0, 0.05) is 6.04 Å². The van der Waals surface area contributed by atoms with Crippen molar-refractivity contribution < 1.29 is 18.7 Å². The lowest BCUT2D eigenvalue weighted by Crippen LogP contribution is -2.41. The summed E-state index contributed by atoms with van der Waals surface area (Å²) < 4.78 is 18.2. The lowest BCUT2D eigenvalue weighted by Gasteiger charge is -2.18. The normalized spacial score (nSPS) is 12.9. The van der Waals surface area contributed by atoms with Crippen LogP contribution in [0.15, 0.2) is 54.6 Å². The van der Waals surface area contributed by atoms with E-state index in [2.05, 4.69) is 5.32 Å². The van der Waals surface area contributed by atoms with Gasteiger partial charge in [-0.1, -0.05) is 36.4 Å². The van der Waals surface area contributed by atoms with Crippen molar-refractivity contribution in [3.05, 3.63) is 71.5 Å². The standard InChI is InChI=1S/C20H22FNO3/c1-14(11-12-16-7-4-3-5-8-16)22-19(23)15(2)25-20(24)17-9-6-10-18(21)13-17/h3-10,13-15H,11-12H2,1-2H3,(H,22,23)/t14-,15+/m0/s1. The van der Waals surface area contributed by atoms with Gasteiger partial charge in [-0.05, 0) is 50.5 Å². The molecule has 2 atom stereocenters. The number of hydrogen-bond donors (Lipinski definition) is 1. The summed E-state index contributed by atoms with van der Waals surface area (Å²) in [4.78, 5) is 24.1. The molecule has 0 bridgehead atoms. The maximum Gasteiger partial charge on any atom is 0.339 e. The topological polar surface area (TPSA) is 55.4 Å². The van der Waals surface area contributed by atoms with Gasteiger partial charge in [0.15, 0.2) is 6.10 Å². The number of carbonyl (C=O) groups is 2. The summed E-state index contributed by atoms with van der Waals surface area (Å²) in [6, 6.07) is 15.1. The number of benzene rings is 2. The first-order valence-corrected chi connectivity index (χ1v) is 8.26. The summed E-state index contributed by atoms with van der Waals surface area (Å²) in [5.74, 6) is -1.62. The van der Waals surface area contributed by atoms with Gasteiger partial charge in [0.05, 0.1) is 5.56 Å². The summed E-state index contributed by atoms with van der Waals surface area (Å²) in [5.41, 5.74) is 1.28. The average molecular weight is 343 g/mol. The lowest BCUT2D eigenvalue weighted by atomic mass is 10.1. The minimum absolute atomic E-state index is 0.0528. The fraction of sp³-hybridized carbons (Fsp3) is 0.300. The molecule has 0 unspecified atom stereocenters. The fourth-order valence-electron chi connectivity index (χ4n) is 2.36. The number of nitrogens with one attached hydrogen (secondary N) is 1. The van der Waals surface area contributed by atoms with Crippen LogP contribution in [0.5, 0.6) is 0 Å². The number of carbonyl (C=O) groups excluding carboxylic acids is 2. The summed E-state index contributed by atoms with van der Waals surface area (Å²) in [6.07, 6.45) is 0.676. The molecule has 0 aliphatic rings. The smallest absolute Gasteiger partial charge is 0.339 e. The number of aryl methyl sites for hydroxylation is 1. The van der Waals surface area contributed by atoms with E-state index in [-0.39, 0.29) is 17.5 Å². The first-order valence-electron chi connectivity index (χ1n) is 8.26. The van der Waals surface area contributed by atoms with Crippen molar-refractivity contribution in [1.29, 1.82) is 0 Å². The molecule has 1 amide bonds. The molecule has 0 fully saturated rings. The summed E-state index contributed by atoms with van der Waals surface area (Å²) >= 11 is 0. The van der Waals surface area contributed by atoms with Gasteiger partial charge in [-0.2, -0.15) is 0 Å². The molecule has 0 heterocycles. The first-order chi connectivity index (χ1) is 12.0. The van der Waals surface area contributed by atoms with Gasteiger partial charge in [0.25, 0.3) is 5.91 Å². The van der Waals surface area contributed by atoms with Crippen molar-refractivity contribution in [3.8, 4) is 0 Å². The van der Waals surface area contributed by atoms with Crippen LogP contribution in [-0.2, 0) is 16.0 Å². The van der Waals surface area contributed by atoms with E-state index in [1.54, 1.807) is 0 Å². The van der Waals surface area contributed by atoms with E-state index >= 15 is 0 Å². The molecule has 0 spiro atoms. The van der Waals surface area contributed by atoms with Crippen molar-refractivity contribution >= 4 is 11.9 Å². The third-order valence-electron chi connectivity index (χ3n) is 3.81. The zero-order valence-electron chi connectivity index (χ0n) is 14.4. The molecule has 0 aromatic heterocycles. The minimum Gasteiger partial charge on any atom is -0.449 e. The van der Waals surface area contributed by atoms with Gasteiger partial charge in [-0.3, -0.25) is 4.79 Å². The Morgan fingerprint density at radius 2 is 1.80 bits per heavy atom. The van der Waals surface area contributed by atoms with Crippen LogP contribution in [-0.4, -0.2) is 24.0 Å². The van der Waals surface area contributed by atoms with Gasteiger partial charge in [-0.15, -0.1) is 0 Å². The molecule has 0 aliphatic carbocycles. The molecule has 0 aliphatic heterocycles. The third kappa shape index (κ3) is 6.03. The lowest BCUT2D eigenvalue weighted by molar-refractivity contribution is -0.129. The monoisotopic (exact) mass is 343 g/mol. The number of hydrogen-bond acceptors (Lipinski definition) is 3. The van der Waals surface area contributed by atoms with Crippen LogP contribution >= 0.6 is 0 Å². The molecule has 0 saturated heterocycles. The van der Waals surface area contributed by atoms with Crippen molar-refractivity contribution in [2.24, 2.45) is 0 Å². The number of amides is 1. The molecule has 2 aromatic rings. The van der Waals surface area contributed by atoms with Gasteiger partial charge < -0.3 is 10.1 Å². The van der Waals surface area contributed by atoms with Crippen molar-refractivity contribution in [2.45, 2.75) is 38.8 Å². The highest BCUT2D eigenvalue weighted by Crippen LogP contribution is 2.08. The van der Waals surface area contributed by atoms with E-state index in [4.69, 9.17) is 4.74 Å². The zero-order valence-corrected chi connectivity index (χ0v) is 14.4. The Labute approximate surface area is 147 Å². The quantitative estimate of drug-likeness (QED) is 0.783. The highest BCUT2D eigenvalue weighted by Gasteiger charge is 2.20. The van der Waals surface area contributed by atoms with Gasteiger partial charge >= 0.3 is 5.97 Å². The van der Waals surface area contributed by atoms with E-state index in [9.17, 15) is 14.0 Å². The minimum atomic E-state index is -0.949. The van der Waals surface area contributed by atoms with E-state index in [1.807, 2.05) is 37.3 Å². The van der Waals surface area contributed by atoms with Crippen LogP contribution in [0.1, 0.15) is 36.2 Å². The predicted molar refractivity (Wildman–Crippen MR) is 93.6 cm³/mol. The molecule has 132 valence electrons. The number of esters is 1. The Bertz CT molecular complexity index is 718. The summed E-state index contributed by atoms with van der Waals surface area (Å²) in [5, 5.41) is 2.83. The van der Waals surface area contributed by atoms with Crippen molar-refractivity contribution in [3.63, 3.8) is 0 Å². The van der Waals surface area contributed by atoms with Gasteiger partial charge in [0.2, 0.25) is 0 Å². The number of halogens is 1. The molecular weight excluding hydrogens is 321 g/mol. The Kier molecular flexibility index (Phi) is 6.69. The molecule has 25 heavy (non-hydrogen) atoms. The molecule has 4 nitrogen and oxygen atoms in total. The Balaban J connectivity index is 1.80. The van der Waals surface area contributed by atoms with Crippen LogP contribution in [0.4, 0.5) is 4.39 Å². The van der Waals surface area contributed by atoms with Crippen LogP contribution < -0.4 is 5.32 Å². The Hall–Kier alpha value is -2.69. The Morgan fingerprint density at radius 1 is 1.08 bits per heavy atom. The second-order valence-electron chi connectivity index (χ2n) is 5.99. The largest absolute Gasteiger partial charge is 0.449 e. The number of ether oxygens (including phenoxy) is 1. The van der Waals surface area contributed by atoms with Gasteiger partial charge in [-0.25, -0.2) is 9.18 Å². The molecular formula is C20H22FNO3. The van der Waals surface area contributed by atoms with Crippen LogP contribution in [0.2, 0.25) is 0 Å².